The average Bonchev–Trinajstić information content (AvgIpc) is 2.38. The van der Waals surface area contributed by atoms with Crippen molar-refractivity contribution in [3.05, 3.63) is 35.9 Å². The summed E-state index contributed by atoms with van der Waals surface area (Å²) in [6, 6.07) is 9.72. The summed E-state index contributed by atoms with van der Waals surface area (Å²) < 4.78 is 0. The third kappa shape index (κ3) is 6.30. The van der Waals surface area contributed by atoms with Crippen LogP contribution < -0.4 is 10.6 Å². The minimum Gasteiger partial charge on any atom is -0.355 e. The van der Waals surface area contributed by atoms with Crippen LogP contribution >= 0.6 is 11.8 Å². The van der Waals surface area contributed by atoms with E-state index < -0.39 is 0 Å². The average molecular weight is 266 g/mol. The van der Waals surface area contributed by atoms with E-state index in [-0.39, 0.29) is 11.8 Å². The number of hydrogen-bond acceptors (Lipinski definition) is 3. The monoisotopic (exact) mass is 266 g/mol. The molecule has 0 aliphatic rings. The maximum Gasteiger partial charge on any atom is 0.229 e. The lowest BCUT2D eigenvalue weighted by molar-refractivity contribution is -0.121. The van der Waals surface area contributed by atoms with Gasteiger partial charge in [0.1, 0.15) is 0 Å². The lowest BCUT2D eigenvalue weighted by atomic mass is 10.2. The molecule has 2 amide bonds. The summed E-state index contributed by atoms with van der Waals surface area (Å²) in [7, 11) is 0. The van der Waals surface area contributed by atoms with Gasteiger partial charge in [0.25, 0.3) is 0 Å². The van der Waals surface area contributed by atoms with Gasteiger partial charge < -0.3 is 10.6 Å². The summed E-state index contributed by atoms with van der Waals surface area (Å²) >= 11 is 1.46. The van der Waals surface area contributed by atoms with Crippen LogP contribution in [0.5, 0.6) is 0 Å². The van der Waals surface area contributed by atoms with Gasteiger partial charge in [0.05, 0.1) is 5.75 Å². The first-order valence-corrected chi connectivity index (χ1v) is 7.18. The SMILES string of the molecule is CSCC(=O)NCCC(=O)NCc1ccccc1. The molecule has 1 aromatic rings. The molecule has 0 aromatic heterocycles. The number of nitrogens with one attached hydrogen (secondary N) is 2. The minimum atomic E-state index is -0.0525. The highest BCUT2D eigenvalue weighted by Gasteiger charge is 2.03. The standard InChI is InChI=1S/C13H18N2O2S/c1-18-10-13(17)14-8-7-12(16)15-9-11-5-3-2-4-6-11/h2-6H,7-10H2,1H3,(H,14,17)(H,15,16). The van der Waals surface area contributed by atoms with Crippen LogP contribution in [0.15, 0.2) is 30.3 Å². The molecule has 5 heteroatoms. The van der Waals surface area contributed by atoms with Crippen molar-refractivity contribution in [2.75, 3.05) is 18.6 Å². The third-order valence-corrected chi connectivity index (χ3v) is 2.83. The zero-order valence-electron chi connectivity index (χ0n) is 10.4. The highest BCUT2D eigenvalue weighted by Crippen LogP contribution is 1.97. The molecule has 0 bridgehead atoms. The van der Waals surface area contributed by atoms with Crippen LogP contribution in [-0.2, 0) is 16.1 Å². The van der Waals surface area contributed by atoms with Crippen molar-refractivity contribution >= 4 is 23.6 Å². The molecule has 18 heavy (non-hydrogen) atoms. The number of amides is 2. The summed E-state index contributed by atoms with van der Waals surface area (Å²) in [5, 5.41) is 5.50. The Bertz CT molecular complexity index is 382. The molecule has 1 aromatic carbocycles. The Kier molecular flexibility index (Phi) is 6.94. The molecule has 0 aliphatic carbocycles. The van der Waals surface area contributed by atoms with E-state index in [9.17, 15) is 9.59 Å². The Morgan fingerprint density at radius 2 is 1.83 bits per heavy atom. The van der Waals surface area contributed by atoms with Gasteiger partial charge in [-0.05, 0) is 11.8 Å². The second-order valence-corrected chi connectivity index (χ2v) is 4.66. The molecule has 2 N–H and O–H groups in total. The molecule has 0 saturated carbocycles. The summed E-state index contributed by atoms with van der Waals surface area (Å²) in [4.78, 5) is 22.6. The number of hydrogen-bond donors (Lipinski definition) is 2. The van der Waals surface area contributed by atoms with Gasteiger partial charge in [0, 0.05) is 19.5 Å². The van der Waals surface area contributed by atoms with Crippen molar-refractivity contribution in [2.45, 2.75) is 13.0 Å². The van der Waals surface area contributed by atoms with E-state index in [1.54, 1.807) is 0 Å². The molecule has 0 aliphatic heterocycles. The van der Waals surface area contributed by atoms with E-state index in [0.717, 1.165) is 5.56 Å². The first kappa shape index (κ1) is 14.6. The van der Waals surface area contributed by atoms with E-state index >= 15 is 0 Å². The number of carbonyl (C=O) groups excluding carboxylic acids is 2. The highest BCUT2D eigenvalue weighted by atomic mass is 32.2. The summed E-state index contributed by atoms with van der Waals surface area (Å²) in [6.45, 7) is 0.915. The van der Waals surface area contributed by atoms with Gasteiger partial charge >= 0.3 is 0 Å². The lowest BCUT2D eigenvalue weighted by Crippen LogP contribution is -2.31. The van der Waals surface area contributed by atoms with E-state index in [4.69, 9.17) is 0 Å². The Morgan fingerprint density at radius 3 is 2.50 bits per heavy atom. The van der Waals surface area contributed by atoms with Gasteiger partial charge in [0.15, 0.2) is 0 Å². The summed E-state index contributed by atoms with van der Waals surface area (Å²) in [5.41, 5.74) is 1.07. The van der Waals surface area contributed by atoms with Crippen molar-refractivity contribution in [3.8, 4) is 0 Å². The molecule has 0 fully saturated rings. The zero-order valence-corrected chi connectivity index (χ0v) is 11.3. The van der Waals surface area contributed by atoms with Crippen molar-refractivity contribution in [3.63, 3.8) is 0 Å². The van der Waals surface area contributed by atoms with Crippen LogP contribution in [0.3, 0.4) is 0 Å². The van der Waals surface area contributed by atoms with Crippen LogP contribution in [0.4, 0.5) is 0 Å². The van der Waals surface area contributed by atoms with Gasteiger partial charge in [-0.15, -0.1) is 0 Å². The van der Waals surface area contributed by atoms with Crippen molar-refractivity contribution in [1.29, 1.82) is 0 Å². The normalized spacial score (nSPS) is 9.83. The maximum absolute atomic E-state index is 11.5. The second-order valence-electron chi connectivity index (χ2n) is 3.80. The number of thioether (sulfide) groups is 1. The number of rotatable bonds is 7. The molecule has 0 heterocycles. The smallest absolute Gasteiger partial charge is 0.229 e. The number of carbonyl (C=O) groups is 2. The first-order chi connectivity index (χ1) is 8.72. The van der Waals surface area contributed by atoms with Crippen molar-refractivity contribution in [1.82, 2.24) is 10.6 Å². The Labute approximate surface area is 112 Å². The fourth-order valence-electron chi connectivity index (χ4n) is 1.38. The molecule has 0 spiro atoms. The van der Waals surface area contributed by atoms with Crippen molar-refractivity contribution in [2.24, 2.45) is 0 Å². The molecule has 0 radical (unpaired) electrons. The zero-order chi connectivity index (χ0) is 13.2. The third-order valence-electron chi connectivity index (χ3n) is 2.28. The van der Waals surface area contributed by atoms with E-state index in [1.807, 2.05) is 36.6 Å². The molecular formula is C13H18N2O2S. The Balaban J connectivity index is 2.13. The van der Waals surface area contributed by atoms with Crippen LogP contribution in [-0.4, -0.2) is 30.4 Å². The van der Waals surface area contributed by atoms with Gasteiger partial charge in [-0.2, -0.15) is 11.8 Å². The van der Waals surface area contributed by atoms with Gasteiger partial charge in [0.2, 0.25) is 11.8 Å². The number of benzene rings is 1. The first-order valence-electron chi connectivity index (χ1n) is 5.78. The van der Waals surface area contributed by atoms with E-state index in [0.29, 0.717) is 25.3 Å². The van der Waals surface area contributed by atoms with E-state index in [2.05, 4.69) is 10.6 Å². The maximum atomic E-state index is 11.5. The Morgan fingerprint density at radius 1 is 1.11 bits per heavy atom. The van der Waals surface area contributed by atoms with Crippen molar-refractivity contribution < 1.29 is 9.59 Å². The lowest BCUT2D eigenvalue weighted by Gasteiger charge is -2.06. The molecule has 0 atom stereocenters. The van der Waals surface area contributed by atoms with Crippen LogP contribution in [0.2, 0.25) is 0 Å². The van der Waals surface area contributed by atoms with Gasteiger partial charge in [-0.25, -0.2) is 0 Å². The van der Waals surface area contributed by atoms with Crippen LogP contribution in [0, 0.1) is 0 Å². The van der Waals surface area contributed by atoms with Crippen LogP contribution in [0.25, 0.3) is 0 Å². The second kappa shape index (κ2) is 8.58. The molecular weight excluding hydrogens is 248 g/mol. The molecule has 0 saturated heterocycles. The Hall–Kier alpha value is -1.49. The quantitative estimate of drug-likeness (QED) is 0.779. The molecule has 4 nitrogen and oxygen atoms in total. The highest BCUT2D eigenvalue weighted by molar-refractivity contribution is 7.99. The predicted molar refractivity (Wildman–Crippen MR) is 74.3 cm³/mol. The summed E-state index contributed by atoms with van der Waals surface area (Å²) in [5.74, 6) is 0.354. The molecule has 1 rings (SSSR count). The van der Waals surface area contributed by atoms with Gasteiger partial charge in [-0.1, -0.05) is 30.3 Å². The van der Waals surface area contributed by atoms with Gasteiger partial charge in [-0.3, -0.25) is 9.59 Å². The molecule has 98 valence electrons. The van der Waals surface area contributed by atoms with Crippen LogP contribution in [0.1, 0.15) is 12.0 Å². The fourth-order valence-corrected chi connectivity index (χ4v) is 1.75. The van der Waals surface area contributed by atoms with E-state index in [1.165, 1.54) is 11.8 Å². The predicted octanol–water partition coefficient (Wildman–Crippen LogP) is 1.17. The largest absolute Gasteiger partial charge is 0.355 e. The fraction of sp³-hybridized carbons (Fsp3) is 0.385. The summed E-state index contributed by atoms with van der Waals surface area (Å²) in [6.07, 6.45) is 2.18. The topological polar surface area (TPSA) is 58.2 Å². The molecule has 0 unspecified atom stereocenters. The minimum absolute atomic E-state index is 0.0293.